The van der Waals surface area contributed by atoms with Crippen molar-refractivity contribution in [2.24, 2.45) is 0 Å². The first-order valence-electron chi connectivity index (χ1n) is 4.24. The van der Waals surface area contributed by atoms with Crippen LogP contribution in [0.3, 0.4) is 0 Å². The molecule has 0 saturated heterocycles. The third kappa shape index (κ3) is 1.76. The highest BCUT2D eigenvalue weighted by molar-refractivity contribution is 6.16. The number of benzene rings is 1. The second-order valence-electron chi connectivity index (χ2n) is 2.99. The summed E-state index contributed by atoms with van der Waals surface area (Å²) in [6, 6.07) is 1.28. The average Bonchev–Trinajstić information content (AvgIpc) is 2.71. The van der Waals surface area contributed by atoms with Gasteiger partial charge < -0.3 is 0 Å². The lowest BCUT2D eigenvalue weighted by molar-refractivity contribution is 0.486. The van der Waals surface area contributed by atoms with Gasteiger partial charge in [-0.15, -0.1) is 16.7 Å². The molecule has 1 aromatic carbocycles. The van der Waals surface area contributed by atoms with Crippen molar-refractivity contribution >= 4 is 11.6 Å². The fourth-order valence-electron chi connectivity index (χ4n) is 1.25. The molecule has 0 aliphatic carbocycles. The first kappa shape index (κ1) is 10.9. The van der Waals surface area contributed by atoms with Crippen LogP contribution >= 0.6 is 11.6 Å². The molecule has 0 amide bonds. The van der Waals surface area contributed by atoms with Gasteiger partial charge in [-0.05, 0) is 0 Å². The van der Waals surface area contributed by atoms with E-state index in [0.29, 0.717) is 11.8 Å². The topological polar surface area (TPSA) is 30.7 Å². The summed E-state index contributed by atoms with van der Waals surface area (Å²) in [7, 11) is 0. The van der Waals surface area contributed by atoms with Crippen molar-refractivity contribution in [1.82, 2.24) is 15.0 Å². The monoisotopic (exact) mass is 247 g/mol. The second-order valence-corrected chi connectivity index (χ2v) is 3.26. The molecule has 0 aliphatic heterocycles. The van der Waals surface area contributed by atoms with Crippen molar-refractivity contribution in [2.75, 3.05) is 0 Å². The first-order valence-corrected chi connectivity index (χ1v) is 4.77. The average molecular weight is 248 g/mol. The summed E-state index contributed by atoms with van der Waals surface area (Å²) in [4.78, 5) is 0. The predicted molar refractivity (Wildman–Crippen MR) is 50.8 cm³/mol. The van der Waals surface area contributed by atoms with Crippen molar-refractivity contribution in [2.45, 2.75) is 5.88 Å². The number of halogens is 4. The molecule has 0 spiro atoms. The molecule has 0 unspecified atom stereocenters. The maximum atomic E-state index is 13.4. The number of hydrogen-bond acceptors (Lipinski definition) is 2. The van der Waals surface area contributed by atoms with E-state index >= 15 is 0 Å². The summed E-state index contributed by atoms with van der Waals surface area (Å²) in [6.07, 6.45) is 1.29. The predicted octanol–water partition coefficient (Wildman–Crippen LogP) is 2.42. The zero-order chi connectivity index (χ0) is 11.7. The normalized spacial score (nSPS) is 10.8. The Hall–Kier alpha value is -1.56. The molecule has 2 rings (SSSR count). The lowest BCUT2D eigenvalue weighted by Crippen LogP contribution is -2.06. The third-order valence-corrected chi connectivity index (χ3v) is 2.23. The highest BCUT2D eigenvalue weighted by atomic mass is 35.5. The molecular formula is C9H5ClF3N3. The summed E-state index contributed by atoms with van der Waals surface area (Å²) >= 11 is 5.54. The van der Waals surface area contributed by atoms with Gasteiger partial charge in [-0.25, -0.2) is 17.9 Å². The molecule has 1 aromatic heterocycles. The van der Waals surface area contributed by atoms with E-state index in [1.165, 1.54) is 6.20 Å². The van der Waals surface area contributed by atoms with Crippen molar-refractivity contribution in [1.29, 1.82) is 0 Å². The summed E-state index contributed by atoms with van der Waals surface area (Å²) in [5.41, 5.74) is -0.0174. The SMILES string of the molecule is Fc1cc(F)c(F)c(-n2nncc2CCl)c1. The van der Waals surface area contributed by atoms with E-state index in [-0.39, 0.29) is 11.6 Å². The van der Waals surface area contributed by atoms with Gasteiger partial charge in [0.05, 0.1) is 17.8 Å². The second kappa shape index (κ2) is 4.13. The van der Waals surface area contributed by atoms with Crippen LogP contribution in [0.5, 0.6) is 0 Å². The van der Waals surface area contributed by atoms with E-state index in [9.17, 15) is 13.2 Å². The van der Waals surface area contributed by atoms with E-state index in [4.69, 9.17) is 11.6 Å². The van der Waals surface area contributed by atoms with Crippen molar-refractivity contribution < 1.29 is 13.2 Å². The number of nitrogens with zero attached hydrogens (tertiary/aromatic N) is 3. The van der Waals surface area contributed by atoms with Crippen LogP contribution in [-0.2, 0) is 5.88 Å². The molecule has 0 fully saturated rings. The van der Waals surface area contributed by atoms with E-state index in [2.05, 4.69) is 10.3 Å². The largest absolute Gasteiger partial charge is 0.213 e. The Labute approximate surface area is 93.4 Å². The van der Waals surface area contributed by atoms with Crippen LogP contribution in [0, 0.1) is 17.5 Å². The molecular weight excluding hydrogens is 243 g/mol. The molecule has 0 atom stereocenters. The Morgan fingerprint density at radius 3 is 2.69 bits per heavy atom. The van der Waals surface area contributed by atoms with E-state index in [1.54, 1.807) is 0 Å². The quantitative estimate of drug-likeness (QED) is 0.603. The van der Waals surface area contributed by atoms with Crippen LogP contribution < -0.4 is 0 Å². The molecule has 7 heteroatoms. The maximum absolute atomic E-state index is 13.4. The lowest BCUT2D eigenvalue weighted by atomic mass is 10.3. The van der Waals surface area contributed by atoms with Crippen LogP contribution in [0.1, 0.15) is 5.69 Å². The molecule has 3 nitrogen and oxygen atoms in total. The van der Waals surface area contributed by atoms with Gasteiger partial charge in [0.15, 0.2) is 11.6 Å². The highest BCUT2D eigenvalue weighted by Crippen LogP contribution is 2.19. The lowest BCUT2D eigenvalue weighted by Gasteiger charge is -2.06. The van der Waals surface area contributed by atoms with Crippen LogP contribution in [0.15, 0.2) is 18.3 Å². The molecule has 0 bridgehead atoms. The van der Waals surface area contributed by atoms with Gasteiger partial charge in [-0.2, -0.15) is 0 Å². The van der Waals surface area contributed by atoms with E-state index < -0.39 is 17.5 Å². The van der Waals surface area contributed by atoms with Gasteiger partial charge in [-0.1, -0.05) is 5.21 Å². The van der Waals surface area contributed by atoms with Crippen molar-refractivity contribution in [3.05, 3.63) is 41.5 Å². The molecule has 1 heterocycles. The van der Waals surface area contributed by atoms with Crippen LogP contribution in [0.4, 0.5) is 13.2 Å². The minimum Gasteiger partial charge on any atom is -0.213 e. The number of rotatable bonds is 2. The Morgan fingerprint density at radius 2 is 2.00 bits per heavy atom. The first-order chi connectivity index (χ1) is 7.63. The van der Waals surface area contributed by atoms with Gasteiger partial charge in [0, 0.05) is 12.1 Å². The highest BCUT2D eigenvalue weighted by Gasteiger charge is 2.15. The summed E-state index contributed by atoms with van der Waals surface area (Å²) < 4.78 is 40.2. The molecule has 0 aliphatic rings. The van der Waals surface area contributed by atoms with E-state index in [0.717, 1.165) is 10.7 Å². The van der Waals surface area contributed by atoms with Gasteiger partial charge in [0.2, 0.25) is 0 Å². The van der Waals surface area contributed by atoms with Crippen molar-refractivity contribution in [3.63, 3.8) is 0 Å². The molecule has 2 aromatic rings. The van der Waals surface area contributed by atoms with Crippen molar-refractivity contribution in [3.8, 4) is 5.69 Å². The standard InChI is InChI=1S/C9H5ClF3N3/c10-3-6-4-14-15-16(6)8-2-5(11)1-7(12)9(8)13/h1-2,4H,3H2. The Balaban J connectivity index is 2.64. The summed E-state index contributed by atoms with van der Waals surface area (Å²) in [5, 5.41) is 7.00. The van der Waals surface area contributed by atoms with Crippen LogP contribution in [0.2, 0.25) is 0 Å². The molecule has 0 N–H and O–H groups in total. The smallest absolute Gasteiger partial charge is 0.184 e. The fourth-order valence-corrected chi connectivity index (χ4v) is 1.43. The Bertz CT molecular complexity index is 527. The fraction of sp³-hybridized carbons (Fsp3) is 0.111. The van der Waals surface area contributed by atoms with Crippen LogP contribution in [-0.4, -0.2) is 15.0 Å². The minimum absolute atomic E-state index is 0.00454. The zero-order valence-corrected chi connectivity index (χ0v) is 8.55. The third-order valence-electron chi connectivity index (χ3n) is 1.96. The van der Waals surface area contributed by atoms with Gasteiger partial charge >= 0.3 is 0 Å². The summed E-state index contributed by atoms with van der Waals surface area (Å²) in [5.74, 6) is -3.38. The summed E-state index contributed by atoms with van der Waals surface area (Å²) in [6.45, 7) is 0. The number of aromatic nitrogens is 3. The van der Waals surface area contributed by atoms with Crippen LogP contribution in [0.25, 0.3) is 5.69 Å². The molecule has 0 radical (unpaired) electrons. The zero-order valence-electron chi connectivity index (χ0n) is 7.79. The Morgan fingerprint density at radius 1 is 1.25 bits per heavy atom. The van der Waals surface area contributed by atoms with Gasteiger partial charge in [0.25, 0.3) is 0 Å². The molecule has 0 saturated carbocycles. The van der Waals surface area contributed by atoms with Gasteiger partial charge in [0.1, 0.15) is 11.5 Å². The minimum atomic E-state index is -1.29. The maximum Gasteiger partial charge on any atom is 0.184 e. The molecule has 84 valence electrons. The van der Waals surface area contributed by atoms with Gasteiger partial charge in [-0.3, -0.25) is 0 Å². The Kier molecular flexibility index (Phi) is 2.82. The number of alkyl halides is 1. The molecule has 16 heavy (non-hydrogen) atoms. The van der Waals surface area contributed by atoms with E-state index in [1.807, 2.05) is 0 Å². The number of hydrogen-bond donors (Lipinski definition) is 0.